The van der Waals surface area contributed by atoms with Crippen molar-refractivity contribution < 1.29 is 13.5 Å². The lowest BCUT2D eigenvalue weighted by atomic mass is 10.1. The van der Waals surface area contributed by atoms with Gasteiger partial charge in [0.1, 0.15) is 11.5 Å². The van der Waals surface area contributed by atoms with Crippen LogP contribution in [0.15, 0.2) is 52.8 Å². The van der Waals surface area contributed by atoms with E-state index in [1.807, 2.05) is 34.2 Å². The topological polar surface area (TPSA) is 26.5 Å². The van der Waals surface area contributed by atoms with Crippen LogP contribution in [0.5, 0.6) is 0 Å². The normalized spacial score (nSPS) is 17.6. The van der Waals surface area contributed by atoms with Gasteiger partial charge in [0.2, 0.25) is 0 Å². The molecule has 140 valence electrons. The van der Waals surface area contributed by atoms with Crippen molar-refractivity contribution in [2.45, 2.75) is 25.5 Å². The van der Waals surface area contributed by atoms with E-state index in [9.17, 15) is 8.78 Å². The van der Waals surface area contributed by atoms with Crippen molar-refractivity contribution >= 4 is 28.6 Å². The van der Waals surface area contributed by atoms with E-state index in [2.05, 4.69) is 4.99 Å². The molecule has 0 saturated carbocycles. The number of benzene rings is 2. The van der Waals surface area contributed by atoms with Gasteiger partial charge >= 0.3 is 0 Å². The first-order valence-corrected chi connectivity index (χ1v) is 9.91. The molecule has 1 aliphatic rings. The maximum Gasteiger partial charge on any atom is 0.190 e. The summed E-state index contributed by atoms with van der Waals surface area (Å²) in [6, 6.07) is 11.0. The zero-order valence-electron chi connectivity index (χ0n) is 14.4. The first-order valence-electron chi connectivity index (χ1n) is 8.66. The summed E-state index contributed by atoms with van der Waals surface area (Å²) in [4.78, 5) is 5.07. The fourth-order valence-corrected chi connectivity index (χ4v) is 4.26. The van der Waals surface area contributed by atoms with Crippen LogP contribution in [-0.4, -0.2) is 17.3 Å². The third-order valence-corrected chi connectivity index (χ3v) is 5.55. The smallest absolute Gasteiger partial charge is 0.190 e. The molecule has 27 heavy (non-hydrogen) atoms. The Morgan fingerprint density at radius 1 is 1.22 bits per heavy atom. The third kappa shape index (κ3) is 4.13. The number of hydrogen-bond acceptors (Lipinski definition) is 3. The quantitative estimate of drug-likeness (QED) is 0.557. The zero-order chi connectivity index (χ0) is 18.8. The van der Waals surface area contributed by atoms with E-state index in [4.69, 9.17) is 16.3 Å². The fourth-order valence-electron chi connectivity index (χ4n) is 3.14. The minimum absolute atomic E-state index is 0.0922. The van der Waals surface area contributed by atoms with Crippen LogP contribution in [0.3, 0.4) is 0 Å². The molecule has 0 spiro atoms. The minimum atomic E-state index is -0.684. The van der Waals surface area contributed by atoms with Gasteiger partial charge in [0.25, 0.3) is 0 Å². The van der Waals surface area contributed by atoms with Crippen molar-refractivity contribution in [3.05, 3.63) is 69.3 Å². The van der Waals surface area contributed by atoms with E-state index in [0.717, 1.165) is 36.8 Å². The Labute approximate surface area is 164 Å². The second-order valence-electron chi connectivity index (χ2n) is 6.37. The predicted molar refractivity (Wildman–Crippen MR) is 103 cm³/mol. The van der Waals surface area contributed by atoms with Crippen LogP contribution >= 0.6 is 22.9 Å². The van der Waals surface area contributed by atoms with Crippen molar-refractivity contribution in [3.63, 3.8) is 0 Å². The standard InChI is InChI=1S/C20H17ClF2N2OS/c21-14-4-1-3-13(9-14)19-12-27-20(25(19)11-16-5-2-8-26-16)24-18-7-6-15(22)10-17(18)23/h1,3-4,6-7,9-10,12,16H,2,5,8,11H2. The molecule has 7 heteroatoms. The van der Waals surface area contributed by atoms with Gasteiger partial charge in [-0.05, 0) is 37.1 Å². The average molecular weight is 407 g/mol. The molecule has 1 atom stereocenters. The van der Waals surface area contributed by atoms with E-state index in [1.165, 1.54) is 23.5 Å². The molecule has 1 aliphatic heterocycles. The van der Waals surface area contributed by atoms with Crippen LogP contribution in [0.25, 0.3) is 11.3 Å². The first kappa shape index (κ1) is 18.3. The number of halogens is 3. The molecule has 1 aromatic heterocycles. The molecule has 0 N–H and O–H groups in total. The maximum absolute atomic E-state index is 14.1. The van der Waals surface area contributed by atoms with Crippen LogP contribution in [0.2, 0.25) is 5.02 Å². The van der Waals surface area contributed by atoms with Gasteiger partial charge in [0.05, 0.1) is 18.3 Å². The van der Waals surface area contributed by atoms with E-state index in [1.54, 1.807) is 0 Å². The molecular formula is C20H17ClF2N2OS. The average Bonchev–Trinajstić information content (AvgIpc) is 3.28. The molecule has 0 radical (unpaired) electrons. The van der Waals surface area contributed by atoms with Gasteiger partial charge in [-0.15, -0.1) is 11.3 Å². The molecule has 2 heterocycles. The Balaban J connectivity index is 1.82. The second-order valence-corrected chi connectivity index (χ2v) is 7.64. The van der Waals surface area contributed by atoms with Crippen LogP contribution < -0.4 is 4.80 Å². The molecule has 0 amide bonds. The number of rotatable bonds is 4. The van der Waals surface area contributed by atoms with E-state index < -0.39 is 11.6 Å². The summed E-state index contributed by atoms with van der Waals surface area (Å²) in [6.07, 6.45) is 2.10. The molecule has 1 fully saturated rings. The summed E-state index contributed by atoms with van der Waals surface area (Å²) in [5, 5.41) is 2.62. The van der Waals surface area contributed by atoms with Gasteiger partial charge in [-0.2, -0.15) is 0 Å². The summed E-state index contributed by atoms with van der Waals surface area (Å²) in [7, 11) is 0. The number of hydrogen-bond donors (Lipinski definition) is 0. The molecule has 1 saturated heterocycles. The van der Waals surface area contributed by atoms with Crippen LogP contribution in [-0.2, 0) is 11.3 Å². The van der Waals surface area contributed by atoms with Gasteiger partial charge in [0, 0.05) is 28.6 Å². The van der Waals surface area contributed by atoms with Crippen molar-refractivity contribution in [2.75, 3.05) is 6.61 Å². The first-order chi connectivity index (χ1) is 13.1. The number of ether oxygens (including phenoxy) is 1. The van der Waals surface area contributed by atoms with Gasteiger partial charge in [-0.3, -0.25) is 0 Å². The Morgan fingerprint density at radius 3 is 2.85 bits per heavy atom. The predicted octanol–water partition coefficient (Wildman–Crippen LogP) is 5.56. The van der Waals surface area contributed by atoms with Gasteiger partial charge < -0.3 is 9.30 Å². The molecule has 3 nitrogen and oxygen atoms in total. The minimum Gasteiger partial charge on any atom is -0.376 e. The highest BCUT2D eigenvalue weighted by atomic mass is 35.5. The molecule has 4 rings (SSSR count). The SMILES string of the molecule is Fc1ccc(N=c2scc(-c3cccc(Cl)c3)n2CC2CCCO2)c(F)c1. The lowest BCUT2D eigenvalue weighted by Crippen LogP contribution is -2.24. The van der Waals surface area contributed by atoms with Crippen molar-refractivity contribution in [1.29, 1.82) is 0 Å². The van der Waals surface area contributed by atoms with Crippen LogP contribution in [0.1, 0.15) is 12.8 Å². The highest BCUT2D eigenvalue weighted by Crippen LogP contribution is 2.26. The second kappa shape index (κ2) is 7.92. The summed E-state index contributed by atoms with van der Waals surface area (Å²) >= 11 is 7.56. The van der Waals surface area contributed by atoms with E-state index >= 15 is 0 Å². The van der Waals surface area contributed by atoms with Gasteiger partial charge in [0.15, 0.2) is 10.6 Å². The van der Waals surface area contributed by atoms with E-state index in [-0.39, 0.29) is 11.8 Å². The summed E-state index contributed by atoms with van der Waals surface area (Å²) in [5.41, 5.74) is 2.01. The van der Waals surface area contributed by atoms with Crippen molar-refractivity contribution in [1.82, 2.24) is 4.57 Å². The Bertz CT molecular complexity index is 1020. The number of nitrogens with zero attached hydrogens (tertiary/aromatic N) is 2. The van der Waals surface area contributed by atoms with Gasteiger partial charge in [-0.25, -0.2) is 13.8 Å². The fraction of sp³-hybridized carbons (Fsp3) is 0.250. The lowest BCUT2D eigenvalue weighted by molar-refractivity contribution is 0.0968. The monoisotopic (exact) mass is 406 g/mol. The maximum atomic E-state index is 14.1. The molecule has 0 bridgehead atoms. The summed E-state index contributed by atoms with van der Waals surface area (Å²) in [6.45, 7) is 1.37. The van der Waals surface area contributed by atoms with Gasteiger partial charge in [-0.1, -0.05) is 23.7 Å². The third-order valence-electron chi connectivity index (χ3n) is 4.45. The number of thiazole rings is 1. The van der Waals surface area contributed by atoms with Crippen LogP contribution in [0.4, 0.5) is 14.5 Å². The lowest BCUT2D eigenvalue weighted by Gasteiger charge is -2.14. The Hall–Kier alpha value is -2.02. The molecule has 0 aliphatic carbocycles. The zero-order valence-corrected chi connectivity index (χ0v) is 15.9. The summed E-state index contributed by atoms with van der Waals surface area (Å²) < 4.78 is 35.1. The van der Waals surface area contributed by atoms with E-state index in [0.29, 0.717) is 16.4 Å². The van der Waals surface area contributed by atoms with Crippen LogP contribution in [0, 0.1) is 11.6 Å². The number of aromatic nitrogens is 1. The highest BCUT2D eigenvalue weighted by Gasteiger charge is 2.19. The Morgan fingerprint density at radius 2 is 2.11 bits per heavy atom. The molecule has 2 aromatic carbocycles. The summed E-state index contributed by atoms with van der Waals surface area (Å²) in [5.74, 6) is -1.30. The Kier molecular flexibility index (Phi) is 5.38. The molecule has 1 unspecified atom stereocenters. The largest absolute Gasteiger partial charge is 0.376 e. The van der Waals surface area contributed by atoms with Crippen molar-refractivity contribution in [2.24, 2.45) is 4.99 Å². The molecular weight excluding hydrogens is 390 g/mol. The molecule has 3 aromatic rings. The van der Waals surface area contributed by atoms with Crippen molar-refractivity contribution in [3.8, 4) is 11.3 Å². The highest BCUT2D eigenvalue weighted by molar-refractivity contribution is 7.07.